The van der Waals surface area contributed by atoms with E-state index in [4.69, 9.17) is 13.9 Å². The van der Waals surface area contributed by atoms with Crippen molar-refractivity contribution in [2.45, 2.75) is 13.0 Å². The number of fused-ring (bicyclic) bond motifs is 1. The summed E-state index contributed by atoms with van der Waals surface area (Å²) in [6.45, 7) is 1.63. The van der Waals surface area contributed by atoms with E-state index in [2.05, 4.69) is 5.32 Å². The minimum atomic E-state index is -0.843. The number of benzene rings is 3. The third-order valence-electron chi connectivity index (χ3n) is 4.83. The molecule has 0 aliphatic heterocycles. The van der Waals surface area contributed by atoms with E-state index in [1.165, 1.54) is 7.11 Å². The molecule has 6 heteroatoms. The summed E-state index contributed by atoms with van der Waals surface area (Å²) in [6, 6.07) is 23.0. The van der Waals surface area contributed by atoms with Crippen LogP contribution in [-0.2, 0) is 4.79 Å². The number of furan rings is 1. The number of carbonyl (C=O) groups excluding carboxylic acids is 2. The van der Waals surface area contributed by atoms with Gasteiger partial charge in [-0.15, -0.1) is 0 Å². The van der Waals surface area contributed by atoms with E-state index >= 15 is 0 Å². The molecule has 0 saturated carbocycles. The van der Waals surface area contributed by atoms with E-state index in [9.17, 15) is 9.59 Å². The molecule has 0 fully saturated rings. The van der Waals surface area contributed by atoms with Crippen LogP contribution in [0.3, 0.4) is 0 Å². The molecular weight excluding hydrogens is 394 g/mol. The molecule has 6 nitrogen and oxygen atoms in total. The van der Waals surface area contributed by atoms with E-state index in [1.807, 2.05) is 24.3 Å². The van der Waals surface area contributed by atoms with Crippen molar-refractivity contribution in [1.29, 1.82) is 0 Å². The maximum absolute atomic E-state index is 13.1. The van der Waals surface area contributed by atoms with Gasteiger partial charge >= 0.3 is 0 Å². The molecule has 0 unspecified atom stereocenters. The molecule has 1 heterocycles. The molecule has 1 atom stereocenters. The van der Waals surface area contributed by atoms with E-state index in [0.29, 0.717) is 33.7 Å². The van der Waals surface area contributed by atoms with Gasteiger partial charge in [-0.3, -0.25) is 9.59 Å². The minimum absolute atomic E-state index is 0.0743. The smallest absolute Gasteiger partial charge is 0.265 e. The third-order valence-corrected chi connectivity index (χ3v) is 4.83. The molecular formula is C25H21NO5. The summed E-state index contributed by atoms with van der Waals surface area (Å²) in [5, 5.41) is 3.46. The fourth-order valence-electron chi connectivity index (χ4n) is 3.24. The zero-order valence-corrected chi connectivity index (χ0v) is 17.1. The van der Waals surface area contributed by atoms with Gasteiger partial charge in [-0.05, 0) is 31.2 Å². The Balaban J connectivity index is 1.64. The van der Waals surface area contributed by atoms with Gasteiger partial charge in [-0.1, -0.05) is 54.6 Å². The van der Waals surface area contributed by atoms with Crippen molar-refractivity contribution in [2.75, 3.05) is 12.4 Å². The normalized spacial score (nSPS) is 11.7. The molecule has 31 heavy (non-hydrogen) atoms. The number of nitrogens with one attached hydrogen (secondary N) is 1. The van der Waals surface area contributed by atoms with E-state index in [1.54, 1.807) is 61.5 Å². The summed E-state index contributed by atoms with van der Waals surface area (Å²) in [5.41, 5.74) is 1.30. The number of hydrogen-bond acceptors (Lipinski definition) is 5. The maximum atomic E-state index is 13.1. The fourth-order valence-corrected chi connectivity index (χ4v) is 3.24. The van der Waals surface area contributed by atoms with Crippen LogP contribution in [0.25, 0.3) is 11.0 Å². The number of ether oxygens (including phenoxy) is 2. The first-order valence-corrected chi connectivity index (χ1v) is 9.80. The highest BCUT2D eigenvalue weighted by Gasteiger charge is 2.25. The lowest BCUT2D eigenvalue weighted by molar-refractivity contribution is -0.122. The summed E-state index contributed by atoms with van der Waals surface area (Å²) in [5.74, 6) is 0.316. The average Bonchev–Trinajstić information content (AvgIpc) is 3.17. The SMILES string of the molecule is COc1ccccc1O[C@@H](C)C(=O)Nc1c(C(=O)c2ccccc2)oc2ccccc12. The van der Waals surface area contributed by atoms with Crippen LogP contribution in [0.5, 0.6) is 11.5 Å². The zero-order chi connectivity index (χ0) is 21.8. The molecule has 1 aromatic heterocycles. The van der Waals surface area contributed by atoms with Crippen molar-refractivity contribution >= 4 is 28.3 Å². The van der Waals surface area contributed by atoms with Crippen LogP contribution in [0, 0.1) is 0 Å². The van der Waals surface area contributed by atoms with Gasteiger partial charge in [0.15, 0.2) is 23.4 Å². The number of anilines is 1. The Hall–Kier alpha value is -4.06. The van der Waals surface area contributed by atoms with Gasteiger partial charge in [0.1, 0.15) is 5.58 Å². The van der Waals surface area contributed by atoms with Crippen LogP contribution in [-0.4, -0.2) is 24.9 Å². The first kappa shape index (κ1) is 20.2. The number of amides is 1. The number of hydrogen-bond donors (Lipinski definition) is 1. The Bertz CT molecular complexity index is 1230. The maximum Gasteiger partial charge on any atom is 0.265 e. The average molecular weight is 415 g/mol. The Morgan fingerprint density at radius 2 is 1.52 bits per heavy atom. The highest BCUT2D eigenvalue weighted by molar-refractivity contribution is 6.17. The monoisotopic (exact) mass is 415 g/mol. The van der Waals surface area contributed by atoms with Crippen LogP contribution in [0.4, 0.5) is 5.69 Å². The predicted molar refractivity (Wildman–Crippen MR) is 118 cm³/mol. The molecule has 0 bridgehead atoms. The second-order valence-corrected chi connectivity index (χ2v) is 6.90. The molecule has 0 radical (unpaired) electrons. The first-order chi connectivity index (χ1) is 15.1. The first-order valence-electron chi connectivity index (χ1n) is 9.80. The molecule has 0 aliphatic carbocycles. The van der Waals surface area contributed by atoms with E-state index in [-0.39, 0.29) is 11.5 Å². The lowest BCUT2D eigenvalue weighted by Gasteiger charge is -2.16. The molecule has 156 valence electrons. The van der Waals surface area contributed by atoms with E-state index < -0.39 is 12.0 Å². The van der Waals surface area contributed by atoms with Crippen LogP contribution < -0.4 is 14.8 Å². The Kier molecular flexibility index (Phi) is 5.71. The van der Waals surface area contributed by atoms with Crippen molar-refractivity contribution in [2.24, 2.45) is 0 Å². The summed E-state index contributed by atoms with van der Waals surface area (Å²) in [7, 11) is 1.53. The summed E-state index contributed by atoms with van der Waals surface area (Å²) < 4.78 is 16.9. The second kappa shape index (κ2) is 8.75. The summed E-state index contributed by atoms with van der Waals surface area (Å²) >= 11 is 0. The lowest BCUT2D eigenvalue weighted by Crippen LogP contribution is -2.30. The molecule has 3 aromatic carbocycles. The molecule has 4 aromatic rings. The van der Waals surface area contributed by atoms with Gasteiger partial charge in [0.2, 0.25) is 5.78 Å². The van der Waals surface area contributed by atoms with Crippen molar-refractivity contribution in [3.05, 3.63) is 90.2 Å². The number of methoxy groups -OCH3 is 1. The van der Waals surface area contributed by atoms with Gasteiger partial charge in [-0.2, -0.15) is 0 Å². The zero-order valence-electron chi connectivity index (χ0n) is 17.1. The molecule has 0 saturated heterocycles. The number of rotatable bonds is 7. The van der Waals surface area contributed by atoms with Gasteiger partial charge in [0, 0.05) is 10.9 Å². The Labute approximate surface area is 179 Å². The van der Waals surface area contributed by atoms with Gasteiger partial charge < -0.3 is 19.2 Å². The van der Waals surface area contributed by atoms with Gasteiger partial charge in [0.25, 0.3) is 5.91 Å². The lowest BCUT2D eigenvalue weighted by atomic mass is 10.1. The van der Waals surface area contributed by atoms with E-state index in [0.717, 1.165) is 0 Å². The Morgan fingerprint density at radius 1 is 0.871 bits per heavy atom. The standard InChI is InChI=1S/C25H21NO5/c1-16(30-21-15-9-8-14-20(21)29-2)25(28)26-22-18-12-6-7-13-19(18)31-24(22)23(27)17-10-4-3-5-11-17/h3-16H,1-2H3,(H,26,28)/t16-/m0/s1. The van der Waals surface area contributed by atoms with Crippen molar-refractivity contribution < 1.29 is 23.5 Å². The third kappa shape index (κ3) is 4.14. The molecule has 4 rings (SSSR count). The van der Waals surface area contributed by atoms with Crippen LogP contribution in [0.2, 0.25) is 0 Å². The molecule has 0 spiro atoms. The van der Waals surface area contributed by atoms with Crippen molar-refractivity contribution in [3.63, 3.8) is 0 Å². The number of ketones is 1. The van der Waals surface area contributed by atoms with Crippen LogP contribution >= 0.6 is 0 Å². The topological polar surface area (TPSA) is 77.8 Å². The quantitative estimate of drug-likeness (QED) is 0.426. The largest absolute Gasteiger partial charge is 0.493 e. The predicted octanol–water partition coefficient (Wildman–Crippen LogP) is 5.08. The highest BCUT2D eigenvalue weighted by atomic mass is 16.5. The molecule has 1 N–H and O–H groups in total. The van der Waals surface area contributed by atoms with Crippen molar-refractivity contribution in [1.82, 2.24) is 0 Å². The second-order valence-electron chi connectivity index (χ2n) is 6.90. The van der Waals surface area contributed by atoms with Crippen LogP contribution in [0.15, 0.2) is 83.3 Å². The summed E-state index contributed by atoms with van der Waals surface area (Å²) in [6.07, 6.45) is -0.843. The van der Waals surface area contributed by atoms with Gasteiger partial charge in [0.05, 0.1) is 12.8 Å². The van der Waals surface area contributed by atoms with Crippen molar-refractivity contribution in [3.8, 4) is 11.5 Å². The fraction of sp³-hybridized carbons (Fsp3) is 0.120. The minimum Gasteiger partial charge on any atom is -0.493 e. The number of carbonyl (C=O) groups is 2. The summed E-state index contributed by atoms with van der Waals surface area (Å²) in [4.78, 5) is 26.0. The highest BCUT2D eigenvalue weighted by Crippen LogP contribution is 2.33. The van der Waals surface area contributed by atoms with Crippen LogP contribution in [0.1, 0.15) is 23.0 Å². The Morgan fingerprint density at radius 3 is 2.26 bits per heavy atom. The molecule has 1 amide bonds. The number of para-hydroxylation sites is 3. The van der Waals surface area contributed by atoms with Gasteiger partial charge in [-0.25, -0.2) is 0 Å². The molecule has 0 aliphatic rings.